The van der Waals surface area contributed by atoms with E-state index >= 15 is 0 Å². The number of aliphatic carboxylic acids is 1. The van der Waals surface area contributed by atoms with E-state index in [2.05, 4.69) is 15.3 Å². The number of amides is 1. The molecule has 3 N–H and O–H groups in total. The smallest absolute Gasteiger partial charge is 0.326 e. The minimum Gasteiger partial charge on any atom is -0.497 e. The summed E-state index contributed by atoms with van der Waals surface area (Å²) in [4.78, 5) is 29.8. The molecule has 120 valence electrons. The molecule has 0 aliphatic rings. The summed E-state index contributed by atoms with van der Waals surface area (Å²) in [5, 5.41) is 11.6. The maximum absolute atomic E-state index is 11.9. The Kier molecular flexibility index (Phi) is 5.51. The summed E-state index contributed by atoms with van der Waals surface area (Å²) >= 11 is 0. The number of imidazole rings is 1. The number of H-pyrrole nitrogens is 1. The molecule has 0 saturated heterocycles. The number of ether oxygens (including phenoxy) is 1. The normalized spacial score (nSPS) is 12.0. The van der Waals surface area contributed by atoms with E-state index in [0.29, 0.717) is 5.69 Å². The third kappa shape index (κ3) is 4.99. The molecule has 7 nitrogen and oxygen atoms in total. The van der Waals surface area contributed by atoms with Crippen LogP contribution >= 0.6 is 0 Å². The lowest BCUT2D eigenvalue weighted by Gasteiger charge is -2.11. The van der Waals surface area contributed by atoms with Crippen molar-refractivity contribution in [1.82, 2.24) is 15.3 Å². The van der Waals surface area contributed by atoms with Crippen molar-refractivity contribution in [3.63, 3.8) is 0 Å². The maximum atomic E-state index is 11.9. The van der Waals surface area contributed by atoms with Crippen molar-refractivity contribution in [2.75, 3.05) is 7.11 Å². The lowest BCUT2D eigenvalue weighted by atomic mass is 10.1. The number of carboxylic acid groups (broad SMARTS) is 1. The molecule has 1 aromatic heterocycles. The van der Waals surface area contributed by atoms with Gasteiger partial charge >= 0.3 is 5.97 Å². The van der Waals surface area contributed by atoms with Gasteiger partial charge < -0.3 is 20.1 Å². The zero-order valence-electron chi connectivity index (χ0n) is 12.5. The number of rotatable bonds is 7. The molecule has 1 atom stereocenters. The number of aromatic nitrogens is 2. The summed E-state index contributed by atoms with van der Waals surface area (Å²) in [7, 11) is 1.57. The summed E-state index contributed by atoms with van der Waals surface area (Å²) in [6.45, 7) is 0. The second-order valence-electron chi connectivity index (χ2n) is 4.77. The van der Waals surface area contributed by atoms with Gasteiger partial charge in [0.1, 0.15) is 11.8 Å². The highest BCUT2D eigenvalue weighted by Gasteiger charge is 2.20. The van der Waals surface area contributed by atoms with Crippen molar-refractivity contribution in [3.8, 4) is 5.75 Å². The molecule has 1 amide bonds. The van der Waals surface area contributed by atoms with Crippen molar-refractivity contribution in [2.45, 2.75) is 12.5 Å². The van der Waals surface area contributed by atoms with Gasteiger partial charge in [0.25, 0.3) is 0 Å². The topological polar surface area (TPSA) is 104 Å². The van der Waals surface area contributed by atoms with Gasteiger partial charge in [0.2, 0.25) is 5.91 Å². The van der Waals surface area contributed by atoms with Crippen molar-refractivity contribution in [1.29, 1.82) is 0 Å². The molecule has 0 unspecified atom stereocenters. The Balaban J connectivity index is 1.95. The van der Waals surface area contributed by atoms with Gasteiger partial charge in [0, 0.05) is 18.7 Å². The molecule has 0 spiro atoms. The molecule has 1 aromatic carbocycles. The van der Waals surface area contributed by atoms with Crippen molar-refractivity contribution in [2.24, 2.45) is 0 Å². The molecule has 0 radical (unpaired) electrons. The molecule has 0 aliphatic heterocycles. The van der Waals surface area contributed by atoms with Gasteiger partial charge in [0.15, 0.2) is 0 Å². The van der Waals surface area contributed by atoms with E-state index < -0.39 is 17.9 Å². The third-order valence-corrected chi connectivity index (χ3v) is 3.13. The average molecular weight is 315 g/mol. The van der Waals surface area contributed by atoms with Gasteiger partial charge in [-0.2, -0.15) is 0 Å². The molecular formula is C16H17N3O4. The Bertz CT molecular complexity index is 678. The first-order valence-corrected chi connectivity index (χ1v) is 6.91. The van der Waals surface area contributed by atoms with Crippen molar-refractivity contribution >= 4 is 18.0 Å². The number of hydrogen-bond acceptors (Lipinski definition) is 4. The van der Waals surface area contributed by atoms with E-state index in [1.165, 1.54) is 12.4 Å². The van der Waals surface area contributed by atoms with Crippen LogP contribution in [0.4, 0.5) is 0 Å². The predicted octanol–water partition coefficient (Wildman–Crippen LogP) is 1.24. The van der Waals surface area contributed by atoms with Gasteiger partial charge in [-0.15, -0.1) is 0 Å². The Morgan fingerprint density at radius 1 is 1.39 bits per heavy atom. The highest BCUT2D eigenvalue weighted by atomic mass is 16.5. The molecule has 2 aromatic rings. The summed E-state index contributed by atoms with van der Waals surface area (Å²) < 4.78 is 5.05. The molecule has 1 heterocycles. The van der Waals surface area contributed by atoms with E-state index in [-0.39, 0.29) is 6.42 Å². The Hall–Kier alpha value is -3.09. The minimum atomic E-state index is -1.11. The van der Waals surface area contributed by atoms with E-state index in [4.69, 9.17) is 4.74 Å². The monoisotopic (exact) mass is 315 g/mol. The van der Waals surface area contributed by atoms with Gasteiger partial charge in [-0.05, 0) is 23.8 Å². The van der Waals surface area contributed by atoms with Crippen LogP contribution in [0.5, 0.6) is 5.75 Å². The van der Waals surface area contributed by atoms with Crippen LogP contribution in [0.25, 0.3) is 6.08 Å². The SMILES string of the molecule is COc1ccc(C=CC(=O)N[C@@H](Cc2c[nH]cn2)C(=O)O)cc1. The minimum absolute atomic E-state index is 0.112. The van der Waals surface area contributed by atoms with Crippen LogP contribution < -0.4 is 10.1 Å². The summed E-state index contributed by atoms with van der Waals surface area (Å²) in [6.07, 6.45) is 6.06. The predicted molar refractivity (Wildman–Crippen MR) is 83.9 cm³/mol. The molecule has 0 aliphatic carbocycles. The summed E-state index contributed by atoms with van der Waals surface area (Å²) in [6, 6.07) is 6.10. The van der Waals surface area contributed by atoms with E-state index in [9.17, 15) is 14.7 Å². The number of carboxylic acids is 1. The van der Waals surface area contributed by atoms with Gasteiger partial charge in [-0.25, -0.2) is 9.78 Å². The highest BCUT2D eigenvalue weighted by Crippen LogP contribution is 2.12. The number of nitrogens with zero attached hydrogens (tertiary/aromatic N) is 1. The largest absolute Gasteiger partial charge is 0.497 e. The van der Waals surface area contributed by atoms with Crippen LogP contribution in [-0.2, 0) is 16.0 Å². The fourth-order valence-electron chi connectivity index (χ4n) is 1.92. The second-order valence-corrected chi connectivity index (χ2v) is 4.77. The van der Waals surface area contributed by atoms with E-state index in [1.54, 1.807) is 43.6 Å². The zero-order chi connectivity index (χ0) is 16.7. The van der Waals surface area contributed by atoms with Crippen LogP contribution in [0, 0.1) is 0 Å². The summed E-state index contributed by atoms with van der Waals surface area (Å²) in [5.74, 6) is -0.875. The molecule has 0 bridgehead atoms. The van der Waals surface area contributed by atoms with E-state index in [1.807, 2.05) is 0 Å². The number of nitrogens with one attached hydrogen (secondary N) is 2. The molecule has 0 fully saturated rings. The van der Waals surface area contributed by atoms with Crippen LogP contribution in [-0.4, -0.2) is 40.1 Å². The van der Waals surface area contributed by atoms with Gasteiger partial charge in [-0.3, -0.25) is 4.79 Å². The molecule has 7 heteroatoms. The van der Waals surface area contributed by atoms with E-state index in [0.717, 1.165) is 11.3 Å². The first-order chi connectivity index (χ1) is 11.1. The fourth-order valence-corrected chi connectivity index (χ4v) is 1.92. The number of benzene rings is 1. The second kappa shape index (κ2) is 7.79. The Morgan fingerprint density at radius 2 is 2.13 bits per heavy atom. The zero-order valence-corrected chi connectivity index (χ0v) is 12.5. The first-order valence-electron chi connectivity index (χ1n) is 6.91. The summed E-state index contributed by atoms with van der Waals surface area (Å²) in [5.41, 5.74) is 1.37. The van der Waals surface area contributed by atoms with Crippen LogP contribution in [0.1, 0.15) is 11.3 Å². The number of aromatic amines is 1. The van der Waals surface area contributed by atoms with Crippen molar-refractivity contribution in [3.05, 3.63) is 54.1 Å². The number of methoxy groups -OCH3 is 1. The highest BCUT2D eigenvalue weighted by molar-refractivity contribution is 5.94. The number of carbonyl (C=O) groups is 2. The van der Waals surface area contributed by atoms with Crippen LogP contribution in [0.3, 0.4) is 0 Å². The van der Waals surface area contributed by atoms with Crippen LogP contribution in [0.2, 0.25) is 0 Å². The lowest BCUT2D eigenvalue weighted by molar-refractivity contribution is -0.141. The molecule has 23 heavy (non-hydrogen) atoms. The average Bonchev–Trinajstić information content (AvgIpc) is 3.06. The van der Waals surface area contributed by atoms with Crippen LogP contribution in [0.15, 0.2) is 42.9 Å². The first kappa shape index (κ1) is 16.3. The molecule has 0 saturated carbocycles. The van der Waals surface area contributed by atoms with Crippen molar-refractivity contribution < 1.29 is 19.4 Å². The fraction of sp³-hybridized carbons (Fsp3) is 0.188. The number of carbonyl (C=O) groups excluding carboxylic acids is 1. The molecular weight excluding hydrogens is 298 g/mol. The number of hydrogen-bond donors (Lipinski definition) is 3. The third-order valence-electron chi connectivity index (χ3n) is 3.13. The molecule has 2 rings (SSSR count). The lowest BCUT2D eigenvalue weighted by Crippen LogP contribution is -2.41. The maximum Gasteiger partial charge on any atom is 0.326 e. The Labute approximate surface area is 133 Å². The quantitative estimate of drug-likeness (QED) is 0.667. The van der Waals surface area contributed by atoms with Gasteiger partial charge in [-0.1, -0.05) is 12.1 Å². The Morgan fingerprint density at radius 3 is 2.70 bits per heavy atom. The standard InChI is InChI=1S/C16H17N3O4/c1-23-13-5-2-11(3-6-13)4-7-15(20)19-14(16(21)22)8-12-9-17-10-18-12/h2-7,9-10,14H,8H2,1H3,(H,17,18)(H,19,20)(H,21,22)/t14-/m0/s1. The van der Waals surface area contributed by atoms with Gasteiger partial charge in [0.05, 0.1) is 19.1 Å².